The van der Waals surface area contributed by atoms with Crippen LogP contribution in [0.2, 0.25) is 0 Å². The third kappa shape index (κ3) is 5.73. The van der Waals surface area contributed by atoms with Gasteiger partial charge in [0.1, 0.15) is 0 Å². The van der Waals surface area contributed by atoms with Crippen LogP contribution in [0.25, 0.3) is 0 Å². The van der Waals surface area contributed by atoms with Crippen molar-refractivity contribution in [3.63, 3.8) is 0 Å². The summed E-state index contributed by atoms with van der Waals surface area (Å²) in [6.45, 7) is 0. The minimum atomic E-state index is 0. The number of halogens is 1. The number of aromatic nitrogens is 1. The lowest BCUT2D eigenvalue weighted by molar-refractivity contribution is 1.11. The lowest BCUT2D eigenvalue weighted by Crippen LogP contribution is -1.38. The fourth-order valence-electron chi connectivity index (χ4n) is 0.278. The molecular weight excluding hydrogens is 144 g/mol. The second-order valence-corrected chi connectivity index (χ2v) is 0.885. The highest BCUT2D eigenvalue weighted by Crippen LogP contribution is 1.72. The SMILES string of the molecule is F.P=S.c1cc[nH]c1. The van der Waals surface area contributed by atoms with Gasteiger partial charge in [-0.25, -0.2) is 0 Å². The van der Waals surface area contributed by atoms with Crippen molar-refractivity contribution in [3.8, 4) is 0 Å². The van der Waals surface area contributed by atoms with Crippen LogP contribution in [0.15, 0.2) is 24.5 Å². The highest BCUT2D eigenvalue weighted by molar-refractivity contribution is 7.88. The fourth-order valence-corrected chi connectivity index (χ4v) is 0.278. The van der Waals surface area contributed by atoms with Crippen LogP contribution in [0.4, 0.5) is 4.70 Å². The maximum absolute atomic E-state index is 3.89. The van der Waals surface area contributed by atoms with Crippen LogP contribution in [0.5, 0.6) is 0 Å². The Bertz CT molecular complexity index is 82.9. The molecule has 1 rings (SSSR count). The van der Waals surface area contributed by atoms with Crippen LogP contribution in [-0.2, 0) is 11.8 Å². The Kier molecular flexibility index (Phi) is 13.2. The minimum Gasteiger partial charge on any atom is -0.368 e. The van der Waals surface area contributed by atoms with Gasteiger partial charge in [0.05, 0.1) is 0 Å². The summed E-state index contributed by atoms with van der Waals surface area (Å²) >= 11 is 3.89. The summed E-state index contributed by atoms with van der Waals surface area (Å²) in [7, 11) is 2.56. The summed E-state index contributed by atoms with van der Waals surface area (Å²) in [5.74, 6) is 0. The summed E-state index contributed by atoms with van der Waals surface area (Å²) in [5.41, 5.74) is 0. The van der Waals surface area contributed by atoms with Gasteiger partial charge < -0.3 is 4.98 Å². The minimum absolute atomic E-state index is 0. The zero-order valence-corrected chi connectivity index (χ0v) is 5.94. The molecule has 0 amide bonds. The first-order chi connectivity index (χ1) is 3.50. The molecular formula is C4H7FNPS. The van der Waals surface area contributed by atoms with Crippen molar-refractivity contribution in [3.05, 3.63) is 24.5 Å². The van der Waals surface area contributed by atoms with Crippen molar-refractivity contribution < 1.29 is 4.70 Å². The van der Waals surface area contributed by atoms with Gasteiger partial charge in [-0.1, -0.05) is 11.8 Å². The van der Waals surface area contributed by atoms with Gasteiger partial charge in [-0.05, 0) is 20.1 Å². The molecule has 1 heterocycles. The van der Waals surface area contributed by atoms with Crippen LogP contribution < -0.4 is 0 Å². The van der Waals surface area contributed by atoms with E-state index in [0.29, 0.717) is 0 Å². The Labute approximate surface area is 54.7 Å². The molecule has 0 radical (unpaired) electrons. The van der Waals surface area contributed by atoms with Gasteiger partial charge in [-0.3, -0.25) is 4.70 Å². The van der Waals surface area contributed by atoms with Crippen LogP contribution in [0.1, 0.15) is 0 Å². The maximum Gasteiger partial charge on any atom is 0.000496 e. The van der Waals surface area contributed by atoms with Gasteiger partial charge in [0.25, 0.3) is 0 Å². The number of rotatable bonds is 0. The van der Waals surface area contributed by atoms with Gasteiger partial charge in [0.15, 0.2) is 0 Å². The molecule has 0 bridgehead atoms. The van der Waals surface area contributed by atoms with E-state index in [-0.39, 0.29) is 4.70 Å². The van der Waals surface area contributed by atoms with Gasteiger partial charge in [-0.15, -0.1) is 0 Å². The molecule has 0 spiro atoms. The first-order valence-electron chi connectivity index (χ1n) is 1.78. The van der Waals surface area contributed by atoms with Crippen molar-refractivity contribution >= 4 is 19.8 Å². The molecule has 0 aromatic carbocycles. The quantitative estimate of drug-likeness (QED) is 0.558. The van der Waals surface area contributed by atoms with Crippen LogP contribution >= 0.6 is 8.02 Å². The predicted octanol–water partition coefficient (Wildman–Crippen LogP) is 1.76. The molecule has 0 atom stereocenters. The Balaban J connectivity index is 0. The molecule has 0 saturated heterocycles. The molecule has 1 aromatic heterocycles. The molecule has 0 fully saturated rings. The molecule has 8 heavy (non-hydrogen) atoms. The molecule has 1 aromatic rings. The number of nitrogens with one attached hydrogen (secondary N) is 1. The van der Waals surface area contributed by atoms with E-state index >= 15 is 0 Å². The summed E-state index contributed by atoms with van der Waals surface area (Å²) < 4.78 is 0. The normalized spacial score (nSPS) is 5.50. The lowest BCUT2D eigenvalue weighted by Gasteiger charge is -1.49. The summed E-state index contributed by atoms with van der Waals surface area (Å²) in [6.07, 6.45) is 3.75. The molecule has 1 nitrogen and oxygen atoms in total. The molecule has 0 aliphatic rings. The average Bonchev–Trinajstić information content (AvgIpc) is 2.23. The number of hydrogen-bond donors (Lipinski definition) is 1. The van der Waals surface area contributed by atoms with E-state index < -0.39 is 0 Å². The molecule has 46 valence electrons. The van der Waals surface area contributed by atoms with Crippen LogP contribution in [0.3, 0.4) is 0 Å². The third-order valence-corrected chi connectivity index (χ3v) is 0.496. The van der Waals surface area contributed by atoms with Crippen molar-refractivity contribution in [2.75, 3.05) is 0 Å². The van der Waals surface area contributed by atoms with E-state index in [1.807, 2.05) is 24.5 Å². The zero-order chi connectivity index (χ0) is 5.54. The first-order valence-corrected chi connectivity index (χ1v) is 3.41. The van der Waals surface area contributed by atoms with E-state index in [2.05, 4.69) is 24.8 Å². The monoisotopic (exact) mass is 151 g/mol. The summed E-state index contributed by atoms with van der Waals surface area (Å²) in [5, 5.41) is 0. The number of aromatic amines is 1. The number of hydrogen-bond acceptors (Lipinski definition) is 1. The maximum atomic E-state index is 3.89. The highest BCUT2D eigenvalue weighted by atomic mass is 32.4. The van der Waals surface area contributed by atoms with E-state index in [1.54, 1.807) is 0 Å². The zero-order valence-electron chi connectivity index (χ0n) is 4.13. The molecule has 0 aliphatic heterocycles. The Morgan fingerprint density at radius 2 is 1.50 bits per heavy atom. The van der Waals surface area contributed by atoms with E-state index in [1.165, 1.54) is 0 Å². The van der Waals surface area contributed by atoms with E-state index in [0.717, 1.165) is 0 Å². The largest absolute Gasteiger partial charge is 0.368 e. The molecule has 0 aliphatic carbocycles. The van der Waals surface area contributed by atoms with Crippen molar-refractivity contribution in [2.45, 2.75) is 0 Å². The predicted molar refractivity (Wildman–Crippen MR) is 39.0 cm³/mol. The van der Waals surface area contributed by atoms with Crippen LogP contribution in [0, 0.1) is 0 Å². The van der Waals surface area contributed by atoms with Gasteiger partial charge in [-0.2, -0.15) is 0 Å². The summed E-state index contributed by atoms with van der Waals surface area (Å²) in [6, 6.07) is 3.89. The van der Waals surface area contributed by atoms with Crippen molar-refractivity contribution in [2.24, 2.45) is 0 Å². The average molecular weight is 151 g/mol. The standard InChI is InChI=1S/C4H5N.FH.HPS/c1-2-4-5-3-1;;1-2/h1-5H;1H;1H. The number of H-pyrrole nitrogens is 1. The fraction of sp³-hybridized carbons (Fsp3) is 0. The second kappa shape index (κ2) is 9.88. The molecule has 0 unspecified atom stereocenters. The van der Waals surface area contributed by atoms with Crippen molar-refractivity contribution in [1.82, 2.24) is 4.98 Å². The topological polar surface area (TPSA) is 15.8 Å². The molecule has 1 N–H and O–H groups in total. The summed E-state index contributed by atoms with van der Waals surface area (Å²) in [4.78, 5) is 2.86. The smallest absolute Gasteiger partial charge is 0.000496 e. The molecule has 0 saturated carbocycles. The highest BCUT2D eigenvalue weighted by Gasteiger charge is 1.55. The van der Waals surface area contributed by atoms with Gasteiger partial charge >= 0.3 is 0 Å². The third-order valence-electron chi connectivity index (χ3n) is 0.496. The lowest BCUT2D eigenvalue weighted by atomic mass is 10.7. The van der Waals surface area contributed by atoms with Crippen LogP contribution in [-0.4, -0.2) is 4.98 Å². The van der Waals surface area contributed by atoms with Crippen molar-refractivity contribution in [1.29, 1.82) is 0 Å². The van der Waals surface area contributed by atoms with E-state index in [9.17, 15) is 0 Å². The Hall–Kier alpha value is -0.270. The van der Waals surface area contributed by atoms with Gasteiger partial charge in [0, 0.05) is 12.4 Å². The second-order valence-electron chi connectivity index (χ2n) is 0.885. The van der Waals surface area contributed by atoms with E-state index in [4.69, 9.17) is 0 Å². The van der Waals surface area contributed by atoms with Gasteiger partial charge in [0.2, 0.25) is 0 Å². The molecule has 4 heteroatoms. The Morgan fingerprint density at radius 1 is 1.12 bits per heavy atom. The first kappa shape index (κ1) is 10.7. The Morgan fingerprint density at radius 3 is 1.62 bits per heavy atom.